The summed E-state index contributed by atoms with van der Waals surface area (Å²) in [6.45, 7) is 4.21. The van der Waals surface area contributed by atoms with Crippen molar-refractivity contribution in [1.82, 2.24) is 9.78 Å². The fourth-order valence-corrected chi connectivity index (χ4v) is 2.04. The lowest BCUT2D eigenvalue weighted by molar-refractivity contribution is 0.936. The minimum Gasteiger partial charge on any atom is -0.380 e. The topological polar surface area (TPSA) is 29.9 Å². The zero-order chi connectivity index (χ0) is 13.1. The molecule has 0 amide bonds. The monoisotopic (exact) mass is 301 g/mol. The Balaban J connectivity index is 2.10. The largest absolute Gasteiger partial charge is 0.380 e. The van der Waals surface area contributed by atoms with Gasteiger partial charge in [0, 0.05) is 24.5 Å². The minimum absolute atomic E-state index is 0.437. The molecule has 0 radical (unpaired) electrons. The molecule has 0 saturated heterocycles. The number of benzene rings is 1. The molecule has 0 saturated carbocycles. The Morgan fingerprint density at radius 2 is 1.94 bits per heavy atom. The Morgan fingerprint density at radius 1 is 1.22 bits per heavy atom. The molecule has 0 atom stereocenters. The summed E-state index contributed by atoms with van der Waals surface area (Å²) in [4.78, 5) is 0. The van der Waals surface area contributed by atoms with Crippen molar-refractivity contribution in [3.05, 3.63) is 51.7 Å². The molecular weight excluding hydrogens is 293 g/mol. The van der Waals surface area contributed by atoms with E-state index in [0.29, 0.717) is 21.6 Å². The lowest BCUT2D eigenvalue weighted by Gasteiger charge is -2.08. The molecule has 0 aliphatic heterocycles. The Kier molecular flexibility index (Phi) is 4.17. The van der Waals surface area contributed by atoms with Gasteiger partial charge in [-0.15, -0.1) is 0 Å². The fraction of sp³-hybridized carbons (Fsp3) is 0.0833. The number of rotatable bonds is 4. The lowest BCUT2D eigenvalue weighted by atomic mass is 10.3. The molecule has 0 spiro atoms. The smallest absolute Gasteiger partial charge is 0.0653 e. The SMILES string of the molecule is C=Cn1cc(CNc2cc(Cl)c(Cl)cc2Cl)cn1. The van der Waals surface area contributed by atoms with Crippen LogP contribution in [0.3, 0.4) is 0 Å². The van der Waals surface area contributed by atoms with Gasteiger partial charge in [-0.05, 0) is 12.1 Å². The number of aromatic nitrogens is 2. The number of hydrogen-bond donors (Lipinski definition) is 1. The lowest BCUT2D eigenvalue weighted by Crippen LogP contribution is -1.99. The van der Waals surface area contributed by atoms with E-state index in [2.05, 4.69) is 17.0 Å². The Hall–Kier alpha value is -1.16. The van der Waals surface area contributed by atoms with Crippen molar-refractivity contribution in [3.8, 4) is 0 Å². The molecular formula is C12H10Cl3N3. The quantitative estimate of drug-likeness (QED) is 0.839. The number of nitrogens with zero attached hydrogens (tertiary/aromatic N) is 2. The van der Waals surface area contributed by atoms with E-state index in [0.717, 1.165) is 11.3 Å². The zero-order valence-corrected chi connectivity index (χ0v) is 11.6. The molecule has 6 heteroatoms. The van der Waals surface area contributed by atoms with Crippen molar-refractivity contribution in [2.24, 2.45) is 0 Å². The van der Waals surface area contributed by atoms with Crippen LogP contribution < -0.4 is 5.32 Å². The van der Waals surface area contributed by atoms with Crippen LogP contribution in [0.2, 0.25) is 15.1 Å². The predicted octanol–water partition coefficient (Wildman–Crippen LogP) is 4.56. The molecule has 3 nitrogen and oxygen atoms in total. The Labute approximate surface area is 120 Å². The molecule has 2 rings (SSSR count). The van der Waals surface area contributed by atoms with Gasteiger partial charge in [0.2, 0.25) is 0 Å². The van der Waals surface area contributed by atoms with Crippen LogP contribution in [-0.2, 0) is 6.54 Å². The second-order valence-electron chi connectivity index (χ2n) is 3.61. The summed E-state index contributed by atoms with van der Waals surface area (Å²) in [7, 11) is 0. The molecule has 1 aromatic carbocycles. The highest BCUT2D eigenvalue weighted by atomic mass is 35.5. The van der Waals surface area contributed by atoms with Crippen LogP contribution in [-0.4, -0.2) is 9.78 Å². The molecule has 0 aliphatic rings. The summed E-state index contributed by atoms with van der Waals surface area (Å²) in [5, 5.41) is 8.68. The van der Waals surface area contributed by atoms with E-state index in [1.807, 2.05) is 6.20 Å². The van der Waals surface area contributed by atoms with E-state index in [1.54, 1.807) is 29.2 Å². The number of halogens is 3. The molecule has 2 aromatic rings. The molecule has 0 fully saturated rings. The molecule has 0 unspecified atom stereocenters. The first-order valence-electron chi connectivity index (χ1n) is 5.14. The van der Waals surface area contributed by atoms with Crippen molar-refractivity contribution >= 4 is 46.7 Å². The first-order chi connectivity index (χ1) is 8.60. The first-order valence-corrected chi connectivity index (χ1v) is 6.27. The van der Waals surface area contributed by atoms with Gasteiger partial charge in [0.1, 0.15) is 0 Å². The van der Waals surface area contributed by atoms with Gasteiger partial charge in [-0.1, -0.05) is 41.4 Å². The zero-order valence-electron chi connectivity index (χ0n) is 9.33. The third-order valence-electron chi connectivity index (χ3n) is 2.33. The summed E-state index contributed by atoms with van der Waals surface area (Å²) in [6.07, 6.45) is 5.24. The van der Waals surface area contributed by atoms with Crippen molar-refractivity contribution in [3.63, 3.8) is 0 Å². The Bertz CT molecular complexity index is 578. The number of nitrogens with one attached hydrogen (secondary N) is 1. The molecule has 0 aliphatic carbocycles. The van der Waals surface area contributed by atoms with E-state index in [9.17, 15) is 0 Å². The normalized spacial score (nSPS) is 10.4. The molecule has 1 heterocycles. The maximum atomic E-state index is 6.06. The molecule has 94 valence electrons. The Morgan fingerprint density at radius 3 is 2.61 bits per heavy atom. The van der Waals surface area contributed by atoms with Gasteiger partial charge in [0.25, 0.3) is 0 Å². The average Bonchev–Trinajstić information content (AvgIpc) is 2.80. The molecule has 1 aromatic heterocycles. The van der Waals surface area contributed by atoms with Crippen LogP contribution in [0.4, 0.5) is 5.69 Å². The van der Waals surface area contributed by atoms with Crippen LogP contribution in [0.25, 0.3) is 6.20 Å². The summed E-state index contributed by atoms with van der Waals surface area (Å²) >= 11 is 17.8. The van der Waals surface area contributed by atoms with Crippen molar-refractivity contribution in [1.29, 1.82) is 0 Å². The van der Waals surface area contributed by atoms with Gasteiger partial charge >= 0.3 is 0 Å². The maximum Gasteiger partial charge on any atom is 0.0653 e. The van der Waals surface area contributed by atoms with Crippen LogP contribution >= 0.6 is 34.8 Å². The molecule has 18 heavy (non-hydrogen) atoms. The minimum atomic E-state index is 0.437. The van der Waals surface area contributed by atoms with Gasteiger partial charge < -0.3 is 5.32 Å². The van der Waals surface area contributed by atoms with E-state index >= 15 is 0 Å². The van der Waals surface area contributed by atoms with E-state index < -0.39 is 0 Å². The van der Waals surface area contributed by atoms with Gasteiger partial charge in [0.15, 0.2) is 0 Å². The molecule has 1 N–H and O–H groups in total. The second kappa shape index (κ2) is 5.65. The molecule has 0 bridgehead atoms. The average molecular weight is 303 g/mol. The van der Waals surface area contributed by atoms with Crippen LogP contribution in [0, 0.1) is 0 Å². The van der Waals surface area contributed by atoms with Gasteiger partial charge in [0.05, 0.1) is 27.0 Å². The standard InChI is InChI=1S/C12H10Cl3N3/c1-2-18-7-8(6-17-18)5-16-12-4-10(14)9(13)3-11(12)15/h2-4,6-7,16H,1,5H2. The van der Waals surface area contributed by atoms with E-state index in [1.165, 1.54) is 0 Å². The summed E-state index contributed by atoms with van der Waals surface area (Å²) in [5.74, 6) is 0. The van der Waals surface area contributed by atoms with Crippen molar-refractivity contribution < 1.29 is 0 Å². The van der Waals surface area contributed by atoms with E-state index in [-0.39, 0.29) is 0 Å². The third kappa shape index (κ3) is 2.99. The van der Waals surface area contributed by atoms with Crippen molar-refractivity contribution in [2.75, 3.05) is 5.32 Å². The van der Waals surface area contributed by atoms with Gasteiger partial charge in [-0.3, -0.25) is 0 Å². The fourth-order valence-electron chi connectivity index (χ4n) is 1.42. The predicted molar refractivity (Wildman–Crippen MR) is 77.4 cm³/mol. The van der Waals surface area contributed by atoms with Crippen LogP contribution in [0.15, 0.2) is 31.1 Å². The van der Waals surface area contributed by atoms with E-state index in [4.69, 9.17) is 34.8 Å². The highest BCUT2D eigenvalue weighted by molar-refractivity contribution is 6.44. The van der Waals surface area contributed by atoms with Crippen LogP contribution in [0.5, 0.6) is 0 Å². The second-order valence-corrected chi connectivity index (χ2v) is 4.83. The van der Waals surface area contributed by atoms with Gasteiger partial charge in [-0.25, -0.2) is 4.68 Å². The third-order valence-corrected chi connectivity index (χ3v) is 3.37. The van der Waals surface area contributed by atoms with Gasteiger partial charge in [-0.2, -0.15) is 5.10 Å². The first kappa shape index (κ1) is 13.3. The van der Waals surface area contributed by atoms with Crippen LogP contribution in [0.1, 0.15) is 5.56 Å². The highest BCUT2D eigenvalue weighted by Gasteiger charge is 2.06. The maximum absolute atomic E-state index is 6.06. The number of hydrogen-bond acceptors (Lipinski definition) is 2. The summed E-state index contributed by atoms with van der Waals surface area (Å²) in [5.41, 5.74) is 1.74. The summed E-state index contributed by atoms with van der Waals surface area (Å²) in [6, 6.07) is 3.31. The number of anilines is 1. The highest BCUT2D eigenvalue weighted by Crippen LogP contribution is 2.32. The summed E-state index contributed by atoms with van der Waals surface area (Å²) < 4.78 is 1.63. The van der Waals surface area contributed by atoms with Crippen molar-refractivity contribution in [2.45, 2.75) is 6.54 Å².